The molecule has 20 nitrogen and oxygen atoms in total. The summed E-state index contributed by atoms with van der Waals surface area (Å²) in [5.74, 6) is -22.0. The second-order valence-electron chi connectivity index (χ2n) is 13.2. The number of aliphatic hydroxyl groups is 4. The first-order chi connectivity index (χ1) is 28.9. The number of phenolic OH excluding ortho intramolecular Hbond substituents is 8. The van der Waals surface area contributed by atoms with E-state index in [1.165, 1.54) is 0 Å². The van der Waals surface area contributed by atoms with Crippen molar-refractivity contribution in [3.63, 3.8) is 0 Å². The lowest BCUT2D eigenvalue weighted by Gasteiger charge is -2.50. The van der Waals surface area contributed by atoms with Crippen LogP contribution in [0.15, 0.2) is 97.1 Å². The van der Waals surface area contributed by atoms with Crippen LogP contribution in [0.5, 0.6) is 46.0 Å². The number of carbonyl (C=O) groups is 6. The van der Waals surface area contributed by atoms with E-state index in [4.69, 9.17) is 0 Å². The Morgan fingerprint density at radius 1 is 0.339 bits per heavy atom. The van der Waals surface area contributed by atoms with Gasteiger partial charge in [0.15, 0.2) is 57.6 Å². The number of hydrogen-bond acceptors (Lipinski definition) is 18. The molecule has 0 aliphatic rings. The first kappa shape index (κ1) is 46.4. The van der Waals surface area contributed by atoms with Gasteiger partial charge in [-0.25, -0.2) is 9.59 Å². The number of carbonyl (C=O) groups excluding carboxylic acids is 4. The monoisotopic (exact) mass is 858 g/mol. The molecule has 0 aliphatic carbocycles. The Labute approximate surface area is 347 Å². The molecular weight excluding hydrogens is 824 g/mol. The van der Waals surface area contributed by atoms with Crippen molar-refractivity contribution in [2.24, 2.45) is 0 Å². The van der Waals surface area contributed by atoms with Gasteiger partial charge in [-0.1, -0.05) is 48.6 Å². The van der Waals surface area contributed by atoms with E-state index in [2.05, 4.69) is 0 Å². The molecule has 322 valence electrons. The van der Waals surface area contributed by atoms with Crippen LogP contribution in [0.4, 0.5) is 0 Å². The molecule has 14 N–H and O–H groups in total. The quantitative estimate of drug-likeness (QED) is 0.0397. The molecule has 62 heavy (non-hydrogen) atoms. The van der Waals surface area contributed by atoms with Gasteiger partial charge in [0, 0.05) is 0 Å². The highest BCUT2D eigenvalue weighted by Gasteiger charge is 2.83. The average molecular weight is 859 g/mol. The number of aromatic hydroxyl groups is 8. The number of carboxylic acid groups (broad SMARTS) is 2. The second kappa shape index (κ2) is 17.5. The minimum atomic E-state index is -5.29. The Morgan fingerprint density at radius 3 is 0.742 bits per heavy atom. The van der Waals surface area contributed by atoms with Crippen LogP contribution in [-0.4, -0.2) is 129 Å². The number of ketones is 4. The zero-order chi connectivity index (χ0) is 46.5. The molecule has 0 bridgehead atoms. The molecule has 0 amide bonds. The lowest BCUT2D eigenvalue weighted by Crippen LogP contribution is -2.86. The summed E-state index contributed by atoms with van der Waals surface area (Å²) in [5.41, 5.74) is -21.8. The number of hydrogen-bond donors (Lipinski definition) is 14. The predicted molar refractivity (Wildman–Crippen MR) is 210 cm³/mol. The van der Waals surface area contributed by atoms with Gasteiger partial charge in [0.25, 0.3) is 11.2 Å². The average Bonchev–Trinajstić information content (AvgIpc) is 3.23. The van der Waals surface area contributed by atoms with Crippen LogP contribution >= 0.6 is 0 Å². The fraction of sp³-hybridized carbons (Fsp3) is 0.0952. The largest absolute Gasteiger partial charge is 0.504 e. The van der Waals surface area contributed by atoms with Gasteiger partial charge < -0.3 is 71.5 Å². The van der Waals surface area contributed by atoms with Crippen LogP contribution in [0, 0.1) is 0 Å². The van der Waals surface area contributed by atoms with Crippen molar-refractivity contribution >= 4 is 59.4 Å². The van der Waals surface area contributed by atoms with E-state index in [1.807, 2.05) is 0 Å². The third-order valence-corrected chi connectivity index (χ3v) is 9.32. The second-order valence-corrected chi connectivity index (χ2v) is 13.2. The van der Waals surface area contributed by atoms with Crippen LogP contribution in [0.2, 0.25) is 0 Å². The standard InChI is InChI=1S/C42H34O20/c43-25-9-1-21(17-29(25)47)5-13-33(51)39(59,37(55)56)41(61,35(53)15-7-23-3-11-27(45)31(49)19-23)42(62,36(54)16-8-24-4-12-28(46)32(50)20-24)40(60,38(57)58)34(52)14-6-22-2-10-26(44)30(48)18-22/h1-20,43-50,59-62H,(H,55,56)(H,57,58)/t39-,40+,41-,42-/m1/s1. The molecular formula is C42H34O20. The Hall–Kier alpha value is -8.30. The molecule has 20 heteroatoms. The van der Waals surface area contributed by atoms with Gasteiger partial charge in [-0.15, -0.1) is 0 Å². The van der Waals surface area contributed by atoms with E-state index >= 15 is 0 Å². The van der Waals surface area contributed by atoms with Gasteiger partial charge in [-0.3, -0.25) is 19.2 Å². The fourth-order valence-electron chi connectivity index (χ4n) is 5.86. The predicted octanol–water partition coefficient (Wildman–Crippen LogP) is 0.855. The smallest absolute Gasteiger partial charge is 0.347 e. The number of benzene rings is 4. The molecule has 0 aliphatic heterocycles. The van der Waals surface area contributed by atoms with E-state index in [0.717, 1.165) is 72.8 Å². The van der Waals surface area contributed by atoms with Crippen molar-refractivity contribution < 1.29 is 100 Å². The van der Waals surface area contributed by atoms with Gasteiger partial charge in [0.2, 0.25) is 22.8 Å². The van der Waals surface area contributed by atoms with E-state index in [1.54, 1.807) is 0 Å². The van der Waals surface area contributed by atoms with E-state index in [9.17, 15) is 100 Å². The topological polar surface area (TPSA) is 386 Å². The zero-order valence-electron chi connectivity index (χ0n) is 31.3. The molecule has 0 saturated heterocycles. The summed E-state index contributed by atoms with van der Waals surface area (Å²) in [6.07, 6.45) is 2.50. The Balaban J connectivity index is 2.15. The van der Waals surface area contributed by atoms with E-state index in [-0.39, 0.29) is 46.6 Å². The third-order valence-electron chi connectivity index (χ3n) is 9.32. The minimum Gasteiger partial charge on any atom is -0.504 e. The SMILES string of the molecule is O=C(O)[C@@](O)(C(=O)C=Cc1ccc(O)c(O)c1)[C@](O)(C(=O)C=Cc1ccc(O)c(O)c1)[C@@](O)(C(=O)C=Cc1ccc(O)c(O)c1)[C@](O)(C(=O)O)C(=O)C=Cc1ccc(O)c(O)c1. The lowest BCUT2D eigenvalue weighted by atomic mass is 9.57. The lowest BCUT2D eigenvalue weighted by molar-refractivity contribution is -0.261. The summed E-state index contributed by atoms with van der Waals surface area (Å²) in [7, 11) is 0. The number of rotatable bonds is 17. The molecule has 0 unspecified atom stereocenters. The van der Waals surface area contributed by atoms with E-state index in [0.29, 0.717) is 24.3 Å². The van der Waals surface area contributed by atoms with Crippen molar-refractivity contribution in [1.29, 1.82) is 0 Å². The Bertz CT molecular complexity index is 2440. The molecule has 0 radical (unpaired) electrons. The summed E-state index contributed by atoms with van der Waals surface area (Å²) < 4.78 is 0. The summed E-state index contributed by atoms with van der Waals surface area (Å²) in [5, 5.41) is 149. The molecule has 0 fully saturated rings. The molecule has 0 spiro atoms. The molecule has 0 heterocycles. The summed E-state index contributed by atoms with van der Waals surface area (Å²) in [4.78, 5) is 83.3. The maximum Gasteiger partial charge on any atom is 0.347 e. The summed E-state index contributed by atoms with van der Waals surface area (Å²) in [6, 6.07) is 10.4. The maximum atomic E-state index is 14.5. The van der Waals surface area contributed by atoms with Gasteiger partial charge in [0.05, 0.1) is 0 Å². The fourth-order valence-corrected chi connectivity index (χ4v) is 5.86. The Morgan fingerprint density at radius 2 is 0.548 bits per heavy atom. The van der Waals surface area contributed by atoms with Crippen LogP contribution in [-0.2, 0) is 28.8 Å². The van der Waals surface area contributed by atoms with Crippen molar-refractivity contribution in [3.05, 3.63) is 119 Å². The molecule has 0 saturated carbocycles. The van der Waals surface area contributed by atoms with Gasteiger partial charge in [-0.05, 0) is 95.1 Å². The van der Waals surface area contributed by atoms with Crippen LogP contribution in [0.3, 0.4) is 0 Å². The molecule has 4 rings (SSSR count). The van der Waals surface area contributed by atoms with Crippen molar-refractivity contribution in [2.75, 3.05) is 0 Å². The van der Waals surface area contributed by atoms with Crippen molar-refractivity contribution in [1.82, 2.24) is 0 Å². The highest BCUT2D eigenvalue weighted by atomic mass is 16.5. The number of carboxylic acids is 2. The van der Waals surface area contributed by atoms with Gasteiger partial charge in [0.1, 0.15) is 0 Å². The number of aliphatic carboxylic acids is 2. The molecule has 4 aromatic rings. The third kappa shape index (κ3) is 8.28. The first-order valence-corrected chi connectivity index (χ1v) is 17.2. The van der Waals surface area contributed by atoms with Crippen molar-refractivity contribution in [2.45, 2.75) is 22.4 Å². The van der Waals surface area contributed by atoms with Crippen molar-refractivity contribution in [3.8, 4) is 46.0 Å². The van der Waals surface area contributed by atoms with E-state index < -0.39 is 103 Å². The summed E-state index contributed by atoms with van der Waals surface area (Å²) >= 11 is 0. The normalized spacial score (nSPS) is 15.7. The highest BCUT2D eigenvalue weighted by Crippen LogP contribution is 2.45. The highest BCUT2D eigenvalue weighted by molar-refractivity contribution is 6.27. The minimum absolute atomic E-state index is 0.0243. The first-order valence-electron chi connectivity index (χ1n) is 17.2. The van der Waals surface area contributed by atoms with Crippen LogP contribution in [0.1, 0.15) is 22.3 Å². The molecule has 4 aromatic carbocycles. The summed E-state index contributed by atoms with van der Waals surface area (Å²) in [6.45, 7) is 0. The molecule has 4 atom stereocenters. The van der Waals surface area contributed by atoms with Crippen LogP contribution in [0.25, 0.3) is 24.3 Å². The Kier molecular flexibility index (Phi) is 13.1. The van der Waals surface area contributed by atoms with Gasteiger partial charge >= 0.3 is 11.9 Å². The number of phenols is 8. The molecule has 0 aromatic heterocycles. The zero-order valence-corrected chi connectivity index (χ0v) is 31.3. The van der Waals surface area contributed by atoms with Gasteiger partial charge in [-0.2, -0.15) is 0 Å². The maximum absolute atomic E-state index is 14.5. The van der Waals surface area contributed by atoms with Crippen LogP contribution < -0.4 is 0 Å².